The van der Waals surface area contributed by atoms with Gasteiger partial charge in [-0.2, -0.15) is 0 Å². The van der Waals surface area contributed by atoms with Crippen molar-refractivity contribution in [2.24, 2.45) is 0 Å². The molecule has 7 nitrogen and oxygen atoms in total. The molecular weight excluding hydrogens is 394 g/mol. The fraction of sp³-hybridized carbons (Fsp3) is 0.333. The first kappa shape index (κ1) is 20.9. The number of hydrogen-bond donors (Lipinski definition) is 1. The Morgan fingerprint density at radius 3 is 2.45 bits per heavy atom. The molecular formula is C21H23NO6S. The van der Waals surface area contributed by atoms with Gasteiger partial charge < -0.3 is 14.8 Å². The van der Waals surface area contributed by atoms with Crippen LogP contribution in [0.2, 0.25) is 0 Å². The van der Waals surface area contributed by atoms with Crippen LogP contribution in [0.4, 0.5) is 0 Å². The van der Waals surface area contributed by atoms with Crippen LogP contribution >= 0.6 is 0 Å². The van der Waals surface area contributed by atoms with Crippen LogP contribution in [0.15, 0.2) is 47.4 Å². The monoisotopic (exact) mass is 417 g/mol. The average molecular weight is 417 g/mol. The molecule has 8 heteroatoms. The number of carbonyl (C=O) groups is 2. The Hall–Kier alpha value is -2.87. The summed E-state index contributed by atoms with van der Waals surface area (Å²) in [6, 6.07) is 12.6. The van der Waals surface area contributed by atoms with Crippen LogP contribution in [0.25, 0.3) is 11.1 Å². The molecule has 0 aliphatic carbocycles. The SMILES string of the molecule is COC(=O)CCC(=O)NC[C@H]1Cc2cc(-c3ccc(S(C)(=O)=O)cc3)ccc2O1. The van der Waals surface area contributed by atoms with E-state index in [-0.39, 0.29) is 29.7 Å². The Morgan fingerprint density at radius 1 is 1.10 bits per heavy atom. The predicted molar refractivity (Wildman–Crippen MR) is 107 cm³/mol. The summed E-state index contributed by atoms with van der Waals surface area (Å²) in [6.07, 6.45) is 1.80. The zero-order valence-electron chi connectivity index (χ0n) is 16.3. The summed E-state index contributed by atoms with van der Waals surface area (Å²) in [5.41, 5.74) is 2.92. The molecule has 29 heavy (non-hydrogen) atoms. The van der Waals surface area contributed by atoms with Crippen molar-refractivity contribution in [2.45, 2.75) is 30.3 Å². The number of nitrogens with one attached hydrogen (secondary N) is 1. The first-order valence-corrected chi connectivity index (χ1v) is 11.1. The van der Waals surface area contributed by atoms with E-state index in [4.69, 9.17) is 4.74 Å². The maximum absolute atomic E-state index is 11.8. The summed E-state index contributed by atoms with van der Waals surface area (Å²) in [5.74, 6) is 0.138. The van der Waals surface area contributed by atoms with Gasteiger partial charge in [-0.1, -0.05) is 18.2 Å². The van der Waals surface area contributed by atoms with Crippen molar-refractivity contribution >= 4 is 21.7 Å². The topological polar surface area (TPSA) is 98.8 Å². The van der Waals surface area contributed by atoms with Crippen LogP contribution in [0, 0.1) is 0 Å². The Kier molecular flexibility index (Phi) is 6.22. The van der Waals surface area contributed by atoms with Gasteiger partial charge >= 0.3 is 5.97 Å². The van der Waals surface area contributed by atoms with Crippen molar-refractivity contribution in [2.75, 3.05) is 19.9 Å². The summed E-state index contributed by atoms with van der Waals surface area (Å²) in [4.78, 5) is 23.2. The molecule has 3 rings (SSSR count). The molecule has 0 saturated heterocycles. The fourth-order valence-electron chi connectivity index (χ4n) is 3.14. The fourth-order valence-corrected chi connectivity index (χ4v) is 3.77. The molecule has 0 saturated carbocycles. The highest BCUT2D eigenvalue weighted by Gasteiger charge is 2.24. The lowest BCUT2D eigenvalue weighted by molar-refractivity contribution is -0.142. The van der Waals surface area contributed by atoms with Gasteiger partial charge in [-0.05, 0) is 41.0 Å². The molecule has 1 heterocycles. The van der Waals surface area contributed by atoms with Gasteiger partial charge in [0.15, 0.2) is 9.84 Å². The molecule has 0 aromatic heterocycles. The van der Waals surface area contributed by atoms with E-state index in [9.17, 15) is 18.0 Å². The minimum Gasteiger partial charge on any atom is -0.488 e. The lowest BCUT2D eigenvalue weighted by atomic mass is 10.0. The molecule has 154 valence electrons. The summed E-state index contributed by atoms with van der Waals surface area (Å²) >= 11 is 0. The first-order valence-electron chi connectivity index (χ1n) is 9.20. The second kappa shape index (κ2) is 8.65. The van der Waals surface area contributed by atoms with Crippen LogP contribution in [-0.2, 0) is 30.6 Å². The zero-order chi connectivity index (χ0) is 21.0. The number of ether oxygens (including phenoxy) is 2. The number of sulfone groups is 1. The maximum atomic E-state index is 11.8. The van der Waals surface area contributed by atoms with E-state index in [0.29, 0.717) is 13.0 Å². The van der Waals surface area contributed by atoms with Crippen LogP contribution in [0.5, 0.6) is 5.75 Å². The quantitative estimate of drug-likeness (QED) is 0.693. The minimum atomic E-state index is -3.22. The van der Waals surface area contributed by atoms with E-state index in [1.54, 1.807) is 24.3 Å². The van der Waals surface area contributed by atoms with Crippen LogP contribution in [0.3, 0.4) is 0 Å². The summed E-state index contributed by atoms with van der Waals surface area (Å²) < 4.78 is 33.6. The largest absolute Gasteiger partial charge is 0.488 e. The van der Waals surface area contributed by atoms with Crippen molar-refractivity contribution in [3.63, 3.8) is 0 Å². The number of carbonyl (C=O) groups excluding carboxylic acids is 2. The van der Waals surface area contributed by atoms with Crippen molar-refractivity contribution in [3.8, 4) is 16.9 Å². The first-order chi connectivity index (χ1) is 13.8. The van der Waals surface area contributed by atoms with E-state index in [1.165, 1.54) is 13.4 Å². The Morgan fingerprint density at radius 2 is 1.79 bits per heavy atom. The average Bonchev–Trinajstić information content (AvgIpc) is 3.12. The highest BCUT2D eigenvalue weighted by molar-refractivity contribution is 7.90. The standard InChI is InChI=1S/C21H23NO6S/c1-27-21(24)10-9-20(23)22-13-17-12-16-11-15(5-8-19(16)28-17)14-3-6-18(7-4-14)29(2,25)26/h3-8,11,17H,9-10,12-13H2,1-2H3,(H,22,23)/t17-/m1/s1. The van der Waals surface area contributed by atoms with E-state index >= 15 is 0 Å². The molecule has 1 atom stereocenters. The van der Waals surface area contributed by atoms with Gasteiger partial charge in [-0.15, -0.1) is 0 Å². The van der Waals surface area contributed by atoms with Crippen molar-refractivity contribution in [1.82, 2.24) is 5.32 Å². The van der Waals surface area contributed by atoms with Crippen LogP contribution in [0.1, 0.15) is 18.4 Å². The third-order valence-corrected chi connectivity index (χ3v) is 5.86. The van der Waals surface area contributed by atoms with Crippen molar-refractivity contribution in [3.05, 3.63) is 48.0 Å². The normalized spacial score (nSPS) is 15.3. The second-order valence-electron chi connectivity index (χ2n) is 6.94. The molecule has 0 unspecified atom stereocenters. The molecule has 2 aromatic rings. The number of methoxy groups -OCH3 is 1. The number of fused-ring (bicyclic) bond motifs is 1. The summed E-state index contributed by atoms with van der Waals surface area (Å²) in [6.45, 7) is 0.354. The van der Waals surface area contributed by atoms with Gasteiger partial charge in [0.1, 0.15) is 11.9 Å². The van der Waals surface area contributed by atoms with E-state index < -0.39 is 15.8 Å². The van der Waals surface area contributed by atoms with Gasteiger partial charge in [-0.3, -0.25) is 9.59 Å². The van der Waals surface area contributed by atoms with Gasteiger partial charge in [-0.25, -0.2) is 8.42 Å². The Balaban J connectivity index is 1.59. The smallest absolute Gasteiger partial charge is 0.306 e. The second-order valence-corrected chi connectivity index (χ2v) is 8.96. The van der Waals surface area contributed by atoms with Gasteiger partial charge in [0.25, 0.3) is 0 Å². The molecule has 1 aliphatic rings. The number of hydrogen-bond acceptors (Lipinski definition) is 6. The maximum Gasteiger partial charge on any atom is 0.306 e. The molecule has 1 aliphatic heterocycles. The molecule has 0 spiro atoms. The number of rotatable bonds is 7. The molecule has 0 bridgehead atoms. The molecule has 1 amide bonds. The highest BCUT2D eigenvalue weighted by Crippen LogP contribution is 2.33. The van der Waals surface area contributed by atoms with E-state index in [1.807, 2.05) is 18.2 Å². The lowest BCUT2D eigenvalue weighted by Crippen LogP contribution is -2.34. The van der Waals surface area contributed by atoms with Crippen LogP contribution < -0.4 is 10.1 Å². The molecule has 2 aromatic carbocycles. The predicted octanol–water partition coefficient (Wildman–Crippen LogP) is 2.13. The zero-order valence-corrected chi connectivity index (χ0v) is 17.1. The van der Waals surface area contributed by atoms with Gasteiger partial charge in [0.05, 0.1) is 25.0 Å². The van der Waals surface area contributed by atoms with Crippen molar-refractivity contribution < 1.29 is 27.5 Å². The van der Waals surface area contributed by atoms with Crippen LogP contribution in [-0.4, -0.2) is 46.3 Å². The van der Waals surface area contributed by atoms with Gasteiger partial charge in [0, 0.05) is 19.1 Å². The summed E-state index contributed by atoms with van der Waals surface area (Å²) in [5, 5.41) is 2.78. The number of benzene rings is 2. The molecule has 1 N–H and O–H groups in total. The highest BCUT2D eigenvalue weighted by atomic mass is 32.2. The minimum absolute atomic E-state index is 0.0512. The molecule has 0 fully saturated rings. The van der Waals surface area contributed by atoms with Crippen molar-refractivity contribution in [1.29, 1.82) is 0 Å². The summed E-state index contributed by atoms with van der Waals surface area (Å²) in [7, 11) is -1.93. The Labute approximate surface area is 169 Å². The third-order valence-electron chi connectivity index (χ3n) is 4.73. The molecule has 0 radical (unpaired) electrons. The number of amides is 1. The van der Waals surface area contributed by atoms with Gasteiger partial charge in [0.2, 0.25) is 5.91 Å². The number of esters is 1. The lowest BCUT2D eigenvalue weighted by Gasteiger charge is -2.11. The Bertz CT molecular complexity index is 1010. The van der Waals surface area contributed by atoms with E-state index in [0.717, 1.165) is 22.4 Å². The van der Waals surface area contributed by atoms with E-state index in [2.05, 4.69) is 10.1 Å². The third kappa shape index (κ3) is 5.35.